The summed E-state index contributed by atoms with van der Waals surface area (Å²) in [6.07, 6.45) is 4.17. The molecule has 0 saturated heterocycles. The Morgan fingerprint density at radius 2 is 2.00 bits per heavy atom. The summed E-state index contributed by atoms with van der Waals surface area (Å²) in [6, 6.07) is 0. The third kappa shape index (κ3) is 1.29. The van der Waals surface area contributed by atoms with E-state index in [-0.39, 0.29) is 0 Å². The van der Waals surface area contributed by atoms with Crippen LogP contribution in [-0.4, -0.2) is 28.1 Å². The normalized spacial score (nSPS) is 31.7. The van der Waals surface area contributed by atoms with Crippen LogP contribution in [0.4, 0.5) is 0 Å². The SMILES string of the molecule is CC(=O)C1(C(=O)O)C=CC=CC1O. The van der Waals surface area contributed by atoms with Gasteiger partial charge in [-0.1, -0.05) is 24.3 Å². The number of allylic oxidation sites excluding steroid dienone is 2. The van der Waals surface area contributed by atoms with Crippen LogP contribution in [0.15, 0.2) is 24.3 Å². The zero-order chi connectivity index (χ0) is 10.1. The number of Topliss-reactive ketones (excluding diaryl/α,β-unsaturated/α-hetero) is 1. The fourth-order valence-electron chi connectivity index (χ4n) is 1.30. The topological polar surface area (TPSA) is 74.6 Å². The third-order valence-electron chi connectivity index (χ3n) is 2.17. The van der Waals surface area contributed by atoms with Gasteiger partial charge in [-0.2, -0.15) is 0 Å². The highest BCUT2D eigenvalue weighted by molar-refractivity contribution is 6.05. The summed E-state index contributed by atoms with van der Waals surface area (Å²) in [5, 5.41) is 18.3. The fraction of sp³-hybridized carbons (Fsp3) is 0.333. The summed E-state index contributed by atoms with van der Waals surface area (Å²) < 4.78 is 0. The highest BCUT2D eigenvalue weighted by Crippen LogP contribution is 2.29. The van der Waals surface area contributed by atoms with E-state index in [1.54, 1.807) is 0 Å². The van der Waals surface area contributed by atoms with Crippen LogP contribution in [0.25, 0.3) is 0 Å². The molecule has 0 aromatic rings. The van der Waals surface area contributed by atoms with Crippen molar-refractivity contribution < 1.29 is 19.8 Å². The second-order valence-electron chi connectivity index (χ2n) is 2.92. The molecule has 0 radical (unpaired) electrons. The average molecular weight is 182 g/mol. The molecule has 0 saturated carbocycles. The van der Waals surface area contributed by atoms with Gasteiger partial charge in [-0.15, -0.1) is 0 Å². The maximum Gasteiger partial charge on any atom is 0.324 e. The van der Waals surface area contributed by atoms with Gasteiger partial charge in [-0.3, -0.25) is 9.59 Å². The van der Waals surface area contributed by atoms with Crippen LogP contribution >= 0.6 is 0 Å². The van der Waals surface area contributed by atoms with Crippen molar-refractivity contribution in [1.82, 2.24) is 0 Å². The van der Waals surface area contributed by atoms with Crippen molar-refractivity contribution in [3.8, 4) is 0 Å². The predicted molar refractivity (Wildman–Crippen MR) is 45.0 cm³/mol. The summed E-state index contributed by atoms with van der Waals surface area (Å²) in [7, 11) is 0. The average Bonchev–Trinajstić information content (AvgIpc) is 2.04. The zero-order valence-electron chi connectivity index (χ0n) is 7.10. The molecule has 2 N–H and O–H groups in total. The zero-order valence-corrected chi connectivity index (χ0v) is 7.10. The van der Waals surface area contributed by atoms with Gasteiger partial charge in [0.25, 0.3) is 0 Å². The first-order valence-electron chi connectivity index (χ1n) is 3.80. The van der Waals surface area contributed by atoms with E-state index in [1.807, 2.05) is 0 Å². The first-order chi connectivity index (χ1) is 6.01. The largest absolute Gasteiger partial charge is 0.480 e. The number of carbonyl (C=O) groups excluding carboxylic acids is 1. The van der Waals surface area contributed by atoms with Crippen molar-refractivity contribution in [3.63, 3.8) is 0 Å². The Hall–Kier alpha value is -1.42. The van der Waals surface area contributed by atoms with Gasteiger partial charge in [-0.25, -0.2) is 0 Å². The molecule has 4 nitrogen and oxygen atoms in total. The van der Waals surface area contributed by atoms with Crippen LogP contribution < -0.4 is 0 Å². The van der Waals surface area contributed by atoms with Crippen LogP contribution in [0.2, 0.25) is 0 Å². The van der Waals surface area contributed by atoms with Crippen LogP contribution in [-0.2, 0) is 9.59 Å². The van der Waals surface area contributed by atoms with E-state index in [0.29, 0.717) is 0 Å². The fourth-order valence-corrected chi connectivity index (χ4v) is 1.30. The molecule has 0 fully saturated rings. The van der Waals surface area contributed by atoms with Gasteiger partial charge in [0.1, 0.15) is 0 Å². The third-order valence-corrected chi connectivity index (χ3v) is 2.17. The number of aliphatic carboxylic acids is 1. The molecule has 0 aliphatic heterocycles. The van der Waals surface area contributed by atoms with Crippen molar-refractivity contribution in [1.29, 1.82) is 0 Å². The summed E-state index contributed by atoms with van der Waals surface area (Å²) in [5.74, 6) is -1.90. The molecular weight excluding hydrogens is 172 g/mol. The van der Waals surface area contributed by atoms with E-state index in [2.05, 4.69) is 0 Å². The molecule has 2 atom stereocenters. The van der Waals surface area contributed by atoms with Crippen LogP contribution in [0, 0.1) is 5.41 Å². The number of ketones is 1. The van der Waals surface area contributed by atoms with E-state index >= 15 is 0 Å². The van der Waals surface area contributed by atoms with Crippen molar-refractivity contribution in [2.24, 2.45) is 5.41 Å². The van der Waals surface area contributed by atoms with Crippen molar-refractivity contribution in [2.45, 2.75) is 13.0 Å². The molecular formula is C9H10O4. The van der Waals surface area contributed by atoms with Crippen molar-refractivity contribution >= 4 is 11.8 Å². The molecule has 1 aliphatic carbocycles. The Kier molecular flexibility index (Phi) is 2.34. The lowest BCUT2D eigenvalue weighted by molar-refractivity contribution is -0.155. The minimum absolute atomic E-state index is 0.576. The second-order valence-corrected chi connectivity index (χ2v) is 2.92. The minimum Gasteiger partial charge on any atom is -0.480 e. The Morgan fingerprint density at radius 1 is 1.38 bits per heavy atom. The summed E-state index contributed by atoms with van der Waals surface area (Å²) in [4.78, 5) is 22.0. The molecule has 0 amide bonds. The summed E-state index contributed by atoms with van der Waals surface area (Å²) >= 11 is 0. The predicted octanol–water partition coefficient (Wildman–Crippen LogP) is 0.133. The van der Waals surface area contributed by atoms with Crippen molar-refractivity contribution in [2.75, 3.05) is 0 Å². The molecule has 0 aromatic heterocycles. The first-order valence-corrected chi connectivity index (χ1v) is 3.80. The van der Waals surface area contributed by atoms with Crippen LogP contribution in [0.3, 0.4) is 0 Å². The van der Waals surface area contributed by atoms with Crippen LogP contribution in [0.5, 0.6) is 0 Å². The second kappa shape index (κ2) is 3.14. The molecule has 0 aromatic carbocycles. The van der Waals surface area contributed by atoms with E-state index in [4.69, 9.17) is 5.11 Å². The molecule has 1 rings (SSSR count). The number of hydrogen-bond donors (Lipinski definition) is 2. The lowest BCUT2D eigenvalue weighted by Crippen LogP contribution is -2.46. The summed E-state index contributed by atoms with van der Waals surface area (Å²) in [5.41, 5.74) is -1.80. The number of rotatable bonds is 2. The number of carboxylic acids is 1. The quantitative estimate of drug-likeness (QED) is 0.595. The standard InChI is InChI=1S/C9H10O4/c1-6(10)9(8(12)13)5-3-2-4-7(9)11/h2-5,7,11H,1H3,(H,12,13). The molecule has 1 aliphatic rings. The lowest BCUT2D eigenvalue weighted by Gasteiger charge is -2.28. The van der Waals surface area contributed by atoms with Gasteiger partial charge >= 0.3 is 5.97 Å². The van der Waals surface area contributed by atoms with Crippen LogP contribution in [0.1, 0.15) is 6.92 Å². The van der Waals surface area contributed by atoms with E-state index in [0.717, 1.165) is 6.92 Å². The van der Waals surface area contributed by atoms with Gasteiger partial charge in [-0.05, 0) is 6.92 Å². The minimum atomic E-state index is -1.80. The molecule has 0 spiro atoms. The van der Waals surface area contributed by atoms with Gasteiger partial charge in [0.2, 0.25) is 0 Å². The van der Waals surface area contributed by atoms with E-state index < -0.39 is 23.3 Å². The highest BCUT2D eigenvalue weighted by atomic mass is 16.4. The highest BCUT2D eigenvalue weighted by Gasteiger charge is 2.47. The Bertz CT molecular complexity index is 287. The smallest absolute Gasteiger partial charge is 0.324 e. The molecule has 70 valence electrons. The number of carbonyl (C=O) groups is 2. The Labute approximate surface area is 75.2 Å². The molecule has 0 bridgehead atoms. The maximum absolute atomic E-state index is 11.1. The van der Waals surface area contributed by atoms with Gasteiger partial charge in [0.15, 0.2) is 11.2 Å². The molecule has 2 unspecified atom stereocenters. The molecule has 0 heterocycles. The Balaban J connectivity index is 3.19. The van der Waals surface area contributed by atoms with Gasteiger partial charge in [0, 0.05) is 0 Å². The van der Waals surface area contributed by atoms with Gasteiger partial charge in [0.05, 0.1) is 6.10 Å². The summed E-state index contributed by atoms with van der Waals surface area (Å²) in [6.45, 7) is 1.15. The van der Waals surface area contributed by atoms with Crippen molar-refractivity contribution in [3.05, 3.63) is 24.3 Å². The number of hydrogen-bond acceptors (Lipinski definition) is 3. The maximum atomic E-state index is 11.1. The number of carboxylic acid groups (broad SMARTS) is 1. The van der Waals surface area contributed by atoms with E-state index in [9.17, 15) is 14.7 Å². The number of aliphatic hydroxyl groups excluding tert-OH is 1. The first kappa shape index (κ1) is 9.67. The van der Waals surface area contributed by atoms with Gasteiger partial charge < -0.3 is 10.2 Å². The lowest BCUT2D eigenvalue weighted by atomic mass is 9.76. The number of aliphatic hydroxyl groups is 1. The molecule has 13 heavy (non-hydrogen) atoms. The molecule has 4 heteroatoms. The monoisotopic (exact) mass is 182 g/mol. The van der Waals surface area contributed by atoms with E-state index in [1.165, 1.54) is 24.3 Å². The Morgan fingerprint density at radius 3 is 2.31 bits per heavy atom.